The lowest BCUT2D eigenvalue weighted by molar-refractivity contribution is -0.150. The molecular formula is C28H40N2O2. The highest BCUT2D eigenvalue weighted by Gasteiger charge is 2.67. The van der Waals surface area contributed by atoms with Crippen molar-refractivity contribution < 1.29 is 9.90 Å². The molecule has 0 aromatic heterocycles. The van der Waals surface area contributed by atoms with Gasteiger partial charge >= 0.3 is 0 Å². The van der Waals surface area contributed by atoms with E-state index >= 15 is 0 Å². The van der Waals surface area contributed by atoms with Crippen LogP contribution in [0.5, 0.6) is 0 Å². The van der Waals surface area contributed by atoms with Crippen molar-refractivity contribution >= 4 is 5.91 Å². The summed E-state index contributed by atoms with van der Waals surface area (Å²) in [6, 6.07) is -0.0870. The van der Waals surface area contributed by atoms with Crippen LogP contribution in [0.4, 0.5) is 0 Å². The molecule has 4 heterocycles. The number of unbranched alkanes of at least 4 members (excludes halogenated alkanes) is 2. The lowest BCUT2D eigenvalue weighted by atomic mass is 9.66. The van der Waals surface area contributed by atoms with Gasteiger partial charge in [-0.1, -0.05) is 36.5 Å². The second-order valence-corrected chi connectivity index (χ2v) is 9.89. The Bertz CT molecular complexity index is 810. The Morgan fingerprint density at radius 3 is 2.72 bits per heavy atom. The number of aliphatic hydroxyl groups excluding tert-OH is 1. The van der Waals surface area contributed by atoms with Gasteiger partial charge in [0.15, 0.2) is 0 Å². The van der Waals surface area contributed by atoms with Crippen LogP contribution in [0, 0.1) is 11.3 Å². The van der Waals surface area contributed by atoms with Gasteiger partial charge in [0.25, 0.3) is 0 Å². The van der Waals surface area contributed by atoms with E-state index in [0.717, 1.165) is 89.4 Å². The minimum Gasteiger partial charge on any atom is -0.510 e. The summed E-state index contributed by atoms with van der Waals surface area (Å²) in [5.74, 6) is 0.811. The third kappa shape index (κ3) is 4.03. The Kier molecular flexibility index (Phi) is 7.40. The largest absolute Gasteiger partial charge is 0.510 e. The number of fused-ring (bicyclic) bond motifs is 8. The summed E-state index contributed by atoms with van der Waals surface area (Å²) < 4.78 is 0. The second kappa shape index (κ2) is 10.2. The zero-order valence-electron chi connectivity index (χ0n) is 19.6. The minimum atomic E-state index is -0.544. The predicted octanol–water partition coefficient (Wildman–Crippen LogP) is 5.71. The summed E-state index contributed by atoms with van der Waals surface area (Å²) >= 11 is 0. The van der Waals surface area contributed by atoms with Crippen LogP contribution in [0.2, 0.25) is 0 Å². The van der Waals surface area contributed by atoms with Crippen molar-refractivity contribution in [1.29, 1.82) is 0 Å². The van der Waals surface area contributed by atoms with Crippen LogP contribution in [0.1, 0.15) is 64.2 Å². The van der Waals surface area contributed by atoms with Crippen LogP contribution in [-0.4, -0.2) is 52.5 Å². The highest BCUT2D eigenvalue weighted by molar-refractivity contribution is 5.88. The van der Waals surface area contributed by atoms with Crippen LogP contribution < -0.4 is 0 Å². The standard InChI is InChI=1S/C28H40N2O2/c1-3-5-6-15-19-30-22(4-2)21-28-24-17-20-29(27(28)32)18-14-12-10-8-7-9-11-13-16-23(24)25(31)26(28)30/h3-4,7-8,13,16,22,24,26,31H,1-2,5-6,9-12,14-15,17-21H2/b8-7-,16-13+/t22-,24-,26-,28-/m0/s1. The molecule has 4 heteroatoms. The van der Waals surface area contributed by atoms with Crippen LogP contribution in [0.15, 0.2) is 60.9 Å². The lowest BCUT2D eigenvalue weighted by Gasteiger charge is -2.45. The van der Waals surface area contributed by atoms with Crippen LogP contribution in [0.3, 0.4) is 0 Å². The molecule has 5 rings (SSSR count). The average molecular weight is 437 g/mol. The molecule has 0 saturated carbocycles. The van der Waals surface area contributed by atoms with Crippen molar-refractivity contribution in [2.75, 3.05) is 19.6 Å². The molecule has 4 bridgehead atoms. The molecule has 4 aliphatic heterocycles. The quantitative estimate of drug-likeness (QED) is 0.428. The summed E-state index contributed by atoms with van der Waals surface area (Å²) in [5, 5.41) is 11.6. The van der Waals surface area contributed by atoms with Gasteiger partial charge in [-0.3, -0.25) is 9.69 Å². The first-order chi connectivity index (χ1) is 15.6. The lowest BCUT2D eigenvalue weighted by Crippen LogP contribution is -2.56. The maximum absolute atomic E-state index is 14.1. The smallest absolute Gasteiger partial charge is 0.231 e. The van der Waals surface area contributed by atoms with Gasteiger partial charge in [-0.05, 0) is 76.3 Å². The Labute approximate surface area is 194 Å². The highest BCUT2D eigenvalue weighted by atomic mass is 16.3. The van der Waals surface area contributed by atoms with Crippen molar-refractivity contribution in [3.8, 4) is 0 Å². The molecule has 5 aliphatic rings. The fourth-order valence-corrected chi connectivity index (χ4v) is 6.57. The first-order valence-corrected chi connectivity index (χ1v) is 12.7. The van der Waals surface area contributed by atoms with Crippen LogP contribution in [0.25, 0.3) is 0 Å². The third-order valence-corrected chi connectivity index (χ3v) is 8.08. The van der Waals surface area contributed by atoms with E-state index in [-0.39, 0.29) is 23.9 Å². The molecule has 0 aromatic carbocycles. The summed E-state index contributed by atoms with van der Waals surface area (Å²) in [7, 11) is 0. The van der Waals surface area contributed by atoms with Crippen LogP contribution >= 0.6 is 0 Å². The Hall–Kier alpha value is -2.07. The van der Waals surface area contributed by atoms with E-state index in [1.165, 1.54) is 0 Å². The second-order valence-electron chi connectivity index (χ2n) is 9.89. The molecule has 4 atom stereocenters. The fraction of sp³-hybridized carbons (Fsp3) is 0.607. The van der Waals surface area contributed by atoms with Gasteiger partial charge in [0.1, 0.15) is 5.76 Å². The molecule has 0 aromatic rings. The van der Waals surface area contributed by atoms with Gasteiger partial charge in [-0.15, -0.1) is 13.2 Å². The van der Waals surface area contributed by atoms with Gasteiger partial charge < -0.3 is 10.0 Å². The molecule has 1 aliphatic carbocycles. The number of rotatable bonds is 6. The third-order valence-electron chi connectivity index (χ3n) is 8.08. The molecule has 1 amide bonds. The first-order valence-electron chi connectivity index (χ1n) is 12.7. The van der Waals surface area contributed by atoms with Gasteiger partial charge in [-0.25, -0.2) is 0 Å². The number of hydrogen-bond donors (Lipinski definition) is 1. The Morgan fingerprint density at radius 2 is 1.91 bits per heavy atom. The molecule has 32 heavy (non-hydrogen) atoms. The number of hydrogen-bond acceptors (Lipinski definition) is 3. The molecule has 1 N–H and O–H groups in total. The van der Waals surface area contributed by atoms with Crippen molar-refractivity contribution in [2.45, 2.75) is 76.3 Å². The highest BCUT2D eigenvalue weighted by Crippen LogP contribution is 2.60. The number of carbonyl (C=O) groups is 1. The molecule has 174 valence electrons. The first kappa shape index (κ1) is 23.1. The minimum absolute atomic E-state index is 0.105. The number of aliphatic hydroxyl groups is 1. The Balaban J connectivity index is 1.70. The van der Waals surface area contributed by atoms with Crippen molar-refractivity contribution in [1.82, 2.24) is 9.80 Å². The molecule has 2 fully saturated rings. The van der Waals surface area contributed by atoms with Crippen LogP contribution in [-0.2, 0) is 4.79 Å². The van der Waals surface area contributed by atoms with E-state index in [2.05, 4.69) is 47.3 Å². The van der Waals surface area contributed by atoms with Gasteiger partial charge in [-0.2, -0.15) is 0 Å². The maximum Gasteiger partial charge on any atom is 0.231 e. The number of nitrogens with zero attached hydrogens (tertiary/aromatic N) is 2. The molecular weight excluding hydrogens is 396 g/mol. The van der Waals surface area contributed by atoms with E-state index in [1.54, 1.807) is 0 Å². The topological polar surface area (TPSA) is 43.8 Å². The van der Waals surface area contributed by atoms with Gasteiger partial charge in [0, 0.05) is 25.0 Å². The number of piperidine rings is 1. The molecule has 0 unspecified atom stereocenters. The number of allylic oxidation sites excluding steroid dienone is 6. The van der Waals surface area contributed by atoms with E-state index in [0.29, 0.717) is 5.76 Å². The van der Waals surface area contributed by atoms with E-state index < -0.39 is 5.41 Å². The summed E-state index contributed by atoms with van der Waals surface area (Å²) in [6.07, 6.45) is 22.9. The summed E-state index contributed by atoms with van der Waals surface area (Å²) in [4.78, 5) is 18.6. The molecule has 2 saturated heterocycles. The fourth-order valence-electron chi connectivity index (χ4n) is 6.57. The summed E-state index contributed by atoms with van der Waals surface area (Å²) in [5.41, 5.74) is 0.470. The SMILES string of the molecule is C=CCCCCN1[C@H]2C(O)=C3/C=C/CC/C=C\CCCCN4CC[C@@H]3[C@]2(C[C@@H]1C=C)C4=O. The molecule has 4 nitrogen and oxygen atoms in total. The van der Waals surface area contributed by atoms with E-state index in [9.17, 15) is 9.90 Å². The monoisotopic (exact) mass is 436 g/mol. The zero-order valence-corrected chi connectivity index (χ0v) is 19.6. The number of amides is 1. The van der Waals surface area contributed by atoms with Gasteiger partial charge in [0.2, 0.25) is 5.91 Å². The summed E-state index contributed by atoms with van der Waals surface area (Å²) in [6.45, 7) is 10.5. The number of likely N-dealkylation sites (tertiary alicyclic amines) is 1. The predicted molar refractivity (Wildman–Crippen MR) is 131 cm³/mol. The van der Waals surface area contributed by atoms with E-state index in [1.807, 2.05) is 12.2 Å². The molecule has 0 radical (unpaired) electrons. The normalized spacial score (nSPS) is 35.3. The van der Waals surface area contributed by atoms with Crippen molar-refractivity contribution in [3.05, 3.63) is 60.9 Å². The van der Waals surface area contributed by atoms with Crippen molar-refractivity contribution in [2.24, 2.45) is 11.3 Å². The Morgan fingerprint density at radius 1 is 1.09 bits per heavy atom. The number of carbonyl (C=O) groups excluding carboxylic acids is 1. The average Bonchev–Trinajstić information content (AvgIpc) is 3.23. The maximum atomic E-state index is 14.1. The molecule has 1 spiro atoms. The van der Waals surface area contributed by atoms with Gasteiger partial charge in [0.05, 0.1) is 11.5 Å². The van der Waals surface area contributed by atoms with Crippen molar-refractivity contribution in [3.63, 3.8) is 0 Å². The van der Waals surface area contributed by atoms with E-state index in [4.69, 9.17) is 0 Å². The zero-order chi connectivity index (χ0) is 22.6.